The molecule has 0 aromatic rings. The summed E-state index contributed by atoms with van der Waals surface area (Å²) in [6.45, 7) is -1.47. The van der Waals surface area contributed by atoms with Crippen LogP contribution in [0.4, 0.5) is 26.3 Å². The van der Waals surface area contributed by atoms with E-state index < -0.39 is 43.5 Å². The lowest BCUT2D eigenvalue weighted by Crippen LogP contribution is -2.49. The van der Waals surface area contributed by atoms with Gasteiger partial charge < -0.3 is 15.7 Å². The van der Waals surface area contributed by atoms with Crippen molar-refractivity contribution in [3.05, 3.63) is 0 Å². The monoisotopic (exact) mass is 282 g/mol. The Labute approximate surface area is 98.3 Å². The van der Waals surface area contributed by atoms with Gasteiger partial charge in [0.05, 0.1) is 6.04 Å². The summed E-state index contributed by atoms with van der Waals surface area (Å²) >= 11 is 0. The van der Waals surface area contributed by atoms with Crippen molar-refractivity contribution in [2.45, 2.75) is 31.4 Å². The van der Waals surface area contributed by atoms with Crippen molar-refractivity contribution < 1.29 is 36.2 Å². The Morgan fingerprint density at radius 3 is 2.11 bits per heavy atom. The molecule has 1 amide bonds. The van der Waals surface area contributed by atoms with Gasteiger partial charge in [0, 0.05) is 6.54 Å². The van der Waals surface area contributed by atoms with Crippen molar-refractivity contribution in [1.29, 1.82) is 0 Å². The van der Waals surface area contributed by atoms with Gasteiger partial charge in [-0.15, -0.1) is 0 Å². The number of nitrogens with one attached hydrogen (secondary N) is 2. The average Bonchev–Trinajstić information content (AvgIpc) is 2.19. The predicted molar refractivity (Wildman–Crippen MR) is 48.6 cm³/mol. The van der Waals surface area contributed by atoms with Crippen molar-refractivity contribution in [2.75, 3.05) is 13.1 Å². The van der Waals surface area contributed by atoms with Crippen LogP contribution in [0.1, 0.15) is 6.92 Å². The number of halogens is 6. The highest BCUT2D eigenvalue weighted by Gasteiger charge is 2.38. The van der Waals surface area contributed by atoms with E-state index in [2.05, 4.69) is 0 Å². The van der Waals surface area contributed by atoms with Crippen LogP contribution in [0.3, 0.4) is 0 Å². The maximum atomic E-state index is 11.9. The molecule has 0 rings (SSSR count). The molecule has 0 fully saturated rings. The number of carbonyl (C=O) groups is 1. The number of amides is 1. The van der Waals surface area contributed by atoms with E-state index in [-0.39, 0.29) is 0 Å². The molecule has 2 unspecified atom stereocenters. The molecule has 0 aromatic heterocycles. The Balaban J connectivity index is 4.03. The third-order valence-electron chi connectivity index (χ3n) is 1.85. The standard InChI is InChI=1S/C8H12F6N2O2/c1-4(6(18)16-3-7(9,10)11)15-2-5(17)8(12,13)14/h4-5,15,17H,2-3H2,1H3,(H,16,18). The van der Waals surface area contributed by atoms with E-state index in [9.17, 15) is 31.1 Å². The van der Waals surface area contributed by atoms with Crippen LogP contribution < -0.4 is 10.6 Å². The van der Waals surface area contributed by atoms with Gasteiger partial charge in [-0.25, -0.2) is 0 Å². The Morgan fingerprint density at radius 2 is 1.72 bits per heavy atom. The maximum Gasteiger partial charge on any atom is 0.415 e. The van der Waals surface area contributed by atoms with Gasteiger partial charge in [0.25, 0.3) is 0 Å². The molecule has 0 aromatic carbocycles. The molecule has 0 saturated carbocycles. The molecule has 0 aliphatic carbocycles. The Bertz CT molecular complexity index is 278. The predicted octanol–water partition coefficient (Wildman–Crippen LogP) is 0.566. The molecule has 108 valence electrons. The number of aliphatic hydroxyl groups is 1. The largest absolute Gasteiger partial charge is 0.415 e. The summed E-state index contributed by atoms with van der Waals surface area (Å²) in [5, 5.41) is 12.0. The van der Waals surface area contributed by atoms with Crippen LogP contribution in [0.15, 0.2) is 0 Å². The van der Waals surface area contributed by atoms with E-state index in [0.717, 1.165) is 6.92 Å². The molecule has 0 aliphatic heterocycles. The summed E-state index contributed by atoms with van der Waals surface area (Å²) in [5.41, 5.74) is 0. The number of hydrogen-bond donors (Lipinski definition) is 3. The summed E-state index contributed by atoms with van der Waals surface area (Å²) < 4.78 is 70.8. The first-order valence-corrected chi connectivity index (χ1v) is 4.76. The molecular formula is C8H12F6N2O2. The lowest BCUT2D eigenvalue weighted by atomic mass is 10.2. The molecule has 2 atom stereocenters. The molecule has 0 radical (unpaired) electrons. The highest BCUT2D eigenvalue weighted by atomic mass is 19.4. The molecule has 0 heterocycles. The van der Waals surface area contributed by atoms with Gasteiger partial charge in [-0.2, -0.15) is 26.3 Å². The zero-order valence-corrected chi connectivity index (χ0v) is 9.19. The van der Waals surface area contributed by atoms with Crippen LogP contribution >= 0.6 is 0 Å². The fraction of sp³-hybridized carbons (Fsp3) is 0.875. The lowest BCUT2D eigenvalue weighted by molar-refractivity contribution is -0.202. The van der Waals surface area contributed by atoms with Gasteiger partial charge in [0.15, 0.2) is 6.10 Å². The van der Waals surface area contributed by atoms with Gasteiger partial charge >= 0.3 is 12.4 Å². The number of aliphatic hydroxyl groups excluding tert-OH is 1. The quantitative estimate of drug-likeness (QED) is 0.646. The van der Waals surface area contributed by atoms with Crippen LogP contribution in [0, 0.1) is 0 Å². The minimum absolute atomic E-state index is 0.982. The van der Waals surface area contributed by atoms with E-state index in [1.165, 1.54) is 5.32 Å². The smallest absolute Gasteiger partial charge is 0.382 e. The topological polar surface area (TPSA) is 61.4 Å². The van der Waals surface area contributed by atoms with Gasteiger partial charge in [-0.1, -0.05) is 0 Å². The van der Waals surface area contributed by atoms with Crippen molar-refractivity contribution in [1.82, 2.24) is 10.6 Å². The van der Waals surface area contributed by atoms with Crippen LogP contribution in [0.25, 0.3) is 0 Å². The Kier molecular flexibility index (Phi) is 5.87. The molecule has 0 bridgehead atoms. The molecule has 0 spiro atoms. The number of rotatable bonds is 5. The molecule has 4 nitrogen and oxygen atoms in total. The molecular weight excluding hydrogens is 270 g/mol. The first-order chi connectivity index (χ1) is 7.93. The van der Waals surface area contributed by atoms with Crippen LogP contribution in [0.5, 0.6) is 0 Å². The molecule has 0 aliphatic rings. The SMILES string of the molecule is CC(NCC(O)C(F)(F)F)C(=O)NCC(F)(F)F. The average molecular weight is 282 g/mol. The first kappa shape index (κ1) is 17.0. The van der Waals surface area contributed by atoms with Gasteiger partial charge in [0.2, 0.25) is 5.91 Å². The van der Waals surface area contributed by atoms with Gasteiger partial charge in [0.1, 0.15) is 6.54 Å². The second-order valence-electron chi connectivity index (χ2n) is 3.52. The molecule has 18 heavy (non-hydrogen) atoms. The zero-order valence-electron chi connectivity index (χ0n) is 9.19. The summed E-state index contributed by atoms with van der Waals surface area (Å²) in [7, 11) is 0. The molecule has 3 N–H and O–H groups in total. The fourth-order valence-corrected chi connectivity index (χ4v) is 0.837. The minimum Gasteiger partial charge on any atom is -0.382 e. The van der Waals surface area contributed by atoms with Crippen molar-refractivity contribution in [2.24, 2.45) is 0 Å². The number of carbonyl (C=O) groups excluding carboxylic acids is 1. The zero-order chi connectivity index (χ0) is 14.6. The van der Waals surface area contributed by atoms with Crippen molar-refractivity contribution in [3.8, 4) is 0 Å². The highest BCUT2D eigenvalue weighted by molar-refractivity contribution is 5.81. The van der Waals surface area contributed by atoms with E-state index >= 15 is 0 Å². The highest BCUT2D eigenvalue weighted by Crippen LogP contribution is 2.19. The van der Waals surface area contributed by atoms with Crippen LogP contribution in [0.2, 0.25) is 0 Å². The van der Waals surface area contributed by atoms with Gasteiger partial charge in [-0.3, -0.25) is 4.79 Å². The van der Waals surface area contributed by atoms with Crippen molar-refractivity contribution >= 4 is 5.91 Å². The Morgan fingerprint density at radius 1 is 1.22 bits per heavy atom. The second-order valence-corrected chi connectivity index (χ2v) is 3.52. The van der Waals surface area contributed by atoms with Gasteiger partial charge in [-0.05, 0) is 6.92 Å². The normalized spacial score (nSPS) is 16.2. The first-order valence-electron chi connectivity index (χ1n) is 4.76. The van der Waals surface area contributed by atoms with Crippen LogP contribution in [-0.2, 0) is 4.79 Å². The fourth-order valence-electron chi connectivity index (χ4n) is 0.837. The van der Waals surface area contributed by atoms with E-state index in [0.29, 0.717) is 0 Å². The summed E-state index contributed by atoms with van der Waals surface area (Å²) in [6.07, 6.45) is -12.1. The number of hydrogen-bond acceptors (Lipinski definition) is 3. The summed E-state index contributed by atoms with van der Waals surface area (Å²) in [4.78, 5) is 11.0. The summed E-state index contributed by atoms with van der Waals surface area (Å²) in [6, 6.07) is -1.29. The van der Waals surface area contributed by atoms with E-state index in [1.54, 1.807) is 0 Å². The third kappa shape index (κ3) is 7.33. The minimum atomic E-state index is -4.85. The third-order valence-corrected chi connectivity index (χ3v) is 1.85. The van der Waals surface area contributed by atoms with E-state index in [4.69, 9.17) is 5.11 Å². The molecule has 10 heteroatoms. The summed E-state index contributed by atoms with van der Waals surface area (Å²) in [5.74, 6) is -1.11. The molecule has 0 saturated heterocycles. The van der Waals surface area contributed by atoms with Crippen LogP contribution in [-0.4, -0.2) is 48.6 Å². The Hall–Kier alpha value is -1.03. The lowest BCUT2D eigenvalue weighted by Gasteiger charge is -2.19. The number of alkyl halides is 6. The maximum absolute atomic E-state index is 11.9. The van der Waals surface area contributed by atoms with E-state index in [1.807, 2.05) is 5.32 Å². The second kappa shape index (κ2) is 6.23. The van der Waals surface area contributed by atoms with Crippen molar-refractivity contribution in [3.63, 3.8) is 0 Å².